The standard InChI is InChI=1S/C9H16O5/c1-4-5(2)9(13-3)14-7(6(4)10)8(11)12/h4-7,9-10H,1-3H3,(H,11,12). The molecule has 0 aromatic carbocycles. The van der Waals surface area contributed by atoms with E-state index in [1.807, 2.05) is 6.92 Å². The number of carboxylic acid groups (broad SMARTS) is 1. The first-order valence-corrected chi connectivity index (χ1v) is 4.58. The Morgan fingerprint density at radius 3 is 2.36 bits per heavy atom. The van der Waals surface area contributed by atoms with Gasteiger partial charge < -0.3 is 19.7 Å². The van der Waals surface area contributed by atoms with Crippen LogP contribution in [0.5, 0.6) is 0 Å². The summed E-state index contributed by atoms with van der Waals surface area (Å²) < 4.78 is 10.1. The Balaban J connectivity index is 2.78. The van der Waals surface area contributed by atoms with Crippen molar-refractivity contribution in [3.63, 3.8) is 0 Å². The van der Waals surface area contributed by atoms with Gasteiger partial charge in [-0.3, -0.25) is 0 Å². The van der Waals surface area contributed by atoms with Crippen LogP contribution >= 0.6 is 0 Å². The fourth-order valence-corrected chi connectivity index (χ4v) is 1.66. The zero-order valence-electron chi connectivity index (χ0n) is 8.51. The molecule has 1 aliphatic rings. The van der Waals surface area contributed by atoms with Gasteiger partial charge in [0.2, 0.25) is 0 Å². The molecule has 2 N–H and O–H groups in total. The summed E-state index contributed by atoms with van der Waals surface area (Å²) in [6, 6.07) is 0. The number of hydrogen-bond donors (Lipinski definition) is 2. The smallest absolute Gasteiger partial charge is 0.335 e. The third-order valence-electron chi connectivity index (χ3n) is 2.86. The van der Waals surface area contributed by atoms with E-state index in [0.717, 1.165) is 0 Å². The molecule has 0 radical (unpaired) electrons. The number of carbonyl (C=O) groups is 1. The molecule has 1 heterocycles. The van der Waals surface area contributed by atoms with Crippen molar-refractivity contribution in [2.24, 2.45) is 11.8 Å². The number of ether oxygens (including phenoxy) is 2. The van der Waals surface area contributed by atoms with Gasteiger partial charge in [-0.05, 0) is 5.92 Å². The van der Waals surface area contributed by atoms with E-state index >= 15 is 0 Å². The Morgan fingerprint density at radius 2 is 1.93 bits per heavy atom. The molecule has 1 saturated heterocycles. The molecule has 0 spiro atoms. The molecule has 0 aromatic rings. The van der Waals surface area contributed by atoms with Crippen molar-refractivity contribution in [2.45, 2.75) is 32.3 Å². The summed E-state index contributed by atoms with van der Waals surface area (Å²) in [5, 5.41) is 18.4. The van der Waals surface area contributed by atoms with Crippen LogP contribution in [-0.2, 0) is 14.3 Å². The van der Waals surface area contributed by atoms with E-state index in [4.69, 9.17) is 14.6 Å². The molecule has 1 aliphatic heterocycles. The highest BCUT2D eigenvalue weighted by Gasteiger charge is 2.44. The van der Waals surface area contributed by atoms with Gasteiger partial charge >= 0.3 is 5.97 Å². The SMILES string of the molecule is COC1OC(C(=O)O)C(O)C(C)C1C. The summed E-state index contributed by atoms with van der Waals surface area (Å²) >= 11 is 0. The van der Waals surface area contributed by atoms with Crippen molar-refractivity contribution in [2.75, 3.05) is 7.11 Å². The fraction of sp³-hybridized carbons (Fsp3) is 0.889. The number of rotatable bonds is 2. The number of hydrogen-bond acceptors (Lipinski definition) is 4. The van der Waals surface area contributed by atoms with Crippen LogP contribution < -0.4 is 0 Å². The predicted molar refractivity (Wildman–Crippen MR) is 47.6 cm³/mol. The third-order valence-corrected chi connectivity index (χ3v) is 2.86. The second-order valence-electron chi connectivity index (χ2n) is 3.71. The maximum Gasteiger partial charge on any atom is 0.335 e. The van der Waals surface area contributed by atoms with E-state index in [-0.39, 0.29) is 11.8 Å². The Hall–Kier alpha value is -0.650. The van der Waals surface area contributed by atoms with Gasteiger partial charge in [0.1, 0.15) is 0 Å². The Labute approximate surface area is 82.6 Å². The van der Waals surface area contributed by atoms with E-state index in [1.165, 1.54) is 7.11 Å². The molecule has 0 amide bonds. The van der Waals surface area contributed by atoms with Crippen LogP contribution in [0.25, 0.3) is 0 Å². The number of carboxylic acids is 1. The molecule has 0 aromatic heterocycles. The minimum atomic E-state index is -1.19. The normalized spacial score (nSPS) is 43.6. The Kier molecular flexibility index (Phi) is 3.47. The van der Waals surface area contributed by atoms with Crippen LogP contribution in [0.3, 0.4) is 0 Å². The Morgan fingerprint density at radius 1 is 1.36 bits per heavy atom. The van der Waals surface area contributed by atoms with E-state index < -0.39 is 24.5 Å². The monoisotopic (exact) mass is 204 g/mol. The molecule has 0 saturated carbocycles. The van der Waals surface area contributed by atoms with Crippen LogP contribution in [0.1, 0.15) is 13.8 Å². The number of aliphatic hydroxyl groups is 1. The van der Waals surface area contributed by atoms with Crippen molar-refractivity contribution in [3.05, 3.63) is 0 Å². The molecule has 1 rings (SSSR count). The number of methoxy groups -OCH3 is 1. The fourth-order valence-electron chi connectivity index (χ4n) is 1.66. The second kappa shape index (κ2) is 4.25. The average molecular weight is 204 g/mol. The second-order valence-corrected chi connectivity index (χ2v) is 3.71. The van der Waals surface area contributed by atoms with E-state index in [9.17, 15) is 9.90 Å². The van der Waals surface area contributed by atoms with E-state index in [0.29, 0.717) is 0 Å². The number of aliphatic carboxylic acids is 1. The maximum atomic E-state index is 10.7. The van der Waals surface area contributed by atoms with E-state index in [1.54, 1.807) is 6.92 Å². The molecular weight excluding hydrogens is 188 g/mol. The van der Waals surface area contributed by atoms with Crippen molar-refractivity contribution in [3.8, 4) is 0 Å². The molecule has 1 fully saturated rings. The first kappa shape index (κ1) is 11.4. The quantitative estimate of drug-likeness (QED) is 0.666. The van der Waals surface area contributed by atoms with E-state index in [2.05, 4.69) is 0 Å². The van der Waals surface area contributed by atoms with Gasteiger partial charge in [-0.25, -0.2) is 4.79 Å². The lowest BCUT2D eigenvalue weighted by atomic mass is 9.85. The van der Waals surface area contributed by atoms with Crippen molar-refractivity contribution in [1.82, 2.24) is 0 Å². The van der Waals surface area contributed by atoms with Gasteiger partial charge in [-0.1, -0.05) is 13.8 Å². The summed E-state index contributed by atoms with van der Waals surface area (Å²) in [4.78, 5) is 10.7. The molecule has 0 aliphatic carbocycles. The van der Waals surface area contributed by atoms with Gasteiger partial charge in [0.25, 0.3) is 0 Å². The molecule has 82 valence electrons. The van der Waals surface area contributed by atoms with Crippen LogP contribution in [0.4, 0.5) is 0 Å². The largest absolute Gasteiger partial charge is 0.479 e. The molecule has 5 unspecified atom stereocenters. The van der Waals surface area contributed by atoms with Crippen molar-refractivity contribution in [1.29, 1.82) is 0 Å². The predicted octanol–water partition coefficient (Wildman–Crippen LogP) is 0.0754. The number of aliphatic hydroxyl groups excluding tert-OH is 1. The maximum absolute atomic E-state index is 10.7. The summed E-state index contributed by atoms with van der Waals surface area (Å²) in [6.45, 7) is 3.65. The minimum absolute atomic E-state index is 0.0226. The van der Waals surface area contributed by atoms with Crippen molar-refractivity contribution >= 4 is 5.97 Å². The topological polar surface area (TPSA) is 76.0 Å². The van der Waals surface area contributed by atoms with Crippen LogP contribution in [-0.4, -0.2) is 41.8 Å². The lowest BCUT2D eigenvalue weighted by Crippen LogP contribution is -2.52. The first-order chi connectivity index (χ1) is 6.49. The minimum Gasteiger partial charge on any atom is -0.479 e. The summed E-state index contributed by atoms with van der Waals surface area (Å²) in [5.41, 5.74) is 0. The molecular formula is C9H16O5. The molecule has 14 heavy (non-hydrogen) atoms. The molecule has 0 bridgehead atoms. The Bertz CT molecular complexity index is 215. The zero-order chi connectivity index (χ0) is 10.9. The zero-order valence-corrected chi connectivity index (χ0v) is 8.51. The summed E-state index contributed by atoms with van der Waals surface area (Å²) in [7, 11) is 1.46. The lowest BCUT2D eigenvalue weighted by Gasteiger charge is -2.39. The average Bonchev–Trinajstić information content (AvgIpc) is 2.14. The molecule has 5 nitrogen and oxygen atoms in total. The summed E-state index contributed by atoms with van der Waals surface area (Å²) in [6.07, 6.45) is -2.73. The highest BCUT2D eigenvalue weighted by Crippen LogP contribution is 2.30. The van der Waals surface area contributed by atoms with Crippen LogP contribution in [0.15, 0.2) is 0 Å². The van der Waals surface area contributed by atoms with Gasteiger partial charge in [0, 0.05) is 13.0 Å². The van der Waals surface area contributed by atoms with Gasteiger partial charge in [0.15, 0.2) is 12.4 Å². The molecule has 5 heteroatoms. The third kappa shape index (κ3) is 1.89. The van der Waals surface area contributed by atoms with Gasteiger partial charge in [-0.15, -0.1) is 0 Å². The van der Waals surface area contributed by atoms with Gasteiger partial charge in [-0.2, -0.15) is 0 Å². The summed E-state index contributed by atoms with van der Waals surface area (Å²) in [5.74, 6) is -1.33. The molecule has 5 atom stereocenters. The van der Waals surface area contributed by atoms with Gasteiger partial charge in [0.05, 0.1) is 6.10 Å². The first-order valence-electron chi connectivity index (χ1n) is 4.58. The highest BCUT2D eigenvalue weighted by atomic mass is 16.7. The van der Waals surface area contributed by atoms with Crippen LogP contribution in [0.2, 0.25) is 0 Å². The lowest BCUT2D eigenvalue weighted by molar-refractivity contribution is -0.254. The van der Waals surface area contributed by atoms with Crippen LogP contribution in [0, 0.1) is 11.8 Å². The highest BCUT2D eigenvalue weighted by molar-refractivity contribution is 5.73. The van der Waals surface area contributed by atoms with Crippen molar-refractivity contribution < 1.29 is 24.5 Å².